The van der Waals surface area contributed by atoms with Gasteiger partial charge < -0.3 is 8.23 Å². The molecule has 0 saturated heterocycles. The lowest BCUT2D eigenvalue weighted by Gasteiger charge is -2.38. The van der Waals surface area contributed by atoms with Gasteiger partial charge in [0.2, 0.25) is 0 Å². The zero-order valence-electron chi connectivity index (χ0n) is 13.9. The molecule has 0 atom stereocenters. The van der Waals surface area contributed by atoms with Crippen LogP contribution in [0.25, 0.3) is 0 Å². The van der Waals surface area contributed by atoms with E-state index in [-0.39, 0.29) is 0 Å². The summed E-state index contributed by atoms with van der Waals surface area (Å²) in [5, 5.41) is 1.08. The molecule has 0 saturated carbocycles. The van der Waals surface area contributed by atoms with Crippen LogP contribution in [-0.4, -0.2) is 30.5 Å². The SMILES string of the molecule is CCCC[Si](C)(C)O[Si](C)(C)O[Si](C)(C)CCCBr. The summed E-state index contributed by atoms with van der Waals surface area (Å²) in [5.74, 6) is 0. The highest BCUT2D eigenvalue weighted by atomic mass is 79.9. The predicted octanol–water partition coefficient (Wildman–Crippen LogP) is 5.72. The zero-order valence-corrected chi connectivity index (χ0v) is 18.5. The number of alkyl halides is 1. The summed E-state index contributed by atoms with van der Waals surface area (Å²) >= 11 is 3.51. The maximum Gasteiger partial charge on any atom is 0.311 e. The smallest absolute Gasteiger partial charge is 0.311 e. The highest BCUT2D eigenvalue weighted by molar-refractivity contribution is 9.09. The van der Waals surface area contributed by atoms with Gasteiger partial charge in [-0.25, -0.2) is 0 Å². The van der Waals surface area contributed by atoms with Crippen LogP contribution in [0.15, 0.2) is 0 Å². The molecule has 2 nitrogen and oxygen atoms in total. The summed E-state index contributed by atoms with van der Waals surface area (Å²) in [4.78, 5) is 0. The van der Waals surface area contributed by atoms with Crippen molar-refractivity contribution in [2.75, 3.05) is 5.33 Å². The maximum absolute atomic E-state index is 6.52. The lowest BCUT2D eigenvalue weighted by Crippen LogP contribution is -2.52. The second-order valence-electron chi connectivity index (χ2n) is 7.02. The first-order valence-electron chi connectivity index (χ1n) is 7.50. The van der Waals surface area contributed by atoms with Crippen LogP contribution in [0, 0.1) is 0 Å². The van der Waals surface area contributed by atoms with Gasteiger partial charge in [0.15, 0.2) is 16.6 Å². The van der Waals surface area contributed by atoms with Crippen molar-refractivity contribution in [2.45, 2.75) is 77.6 Å². The fourth-order valence-corrected chi connectivity index (χ4v) is 17.6. The Morgan fingerprint density at radius 1 is 0.789 bits per heavy atom. The van der Waals surface area contributed by atoms with Gasteiger partial charge in [0, 0.05) is 5.33 Å². The minimum atomic E-state index is -1.97. The second kappa shape index (κ2) is 8.48. The van der Waals surface area contributed by atoms with Gasteiger partial charge in [0.05, 0.1) is 0 Å². The molecule has 116 valence electrons. The fraction of sp³-hybridized carbons (Fsp3) is 1.00. The predicted molar refractivity (Wildman–Crippen MR) is 97.5 cm³/mol. The Kier molecular flexibility index (Phi) is 8.95. The van der Waals surface area contributed by atoms with E-state index in [1.54, 1.807) is 0 Å². The Morgan fingerprint density at radius 3 is 1.58 bits per heavy atom. The van der Waals surface area contributed by atoms with Crippen LogP contribution in [0.5, 0.6) is 0 Å². The first kappa shape index (κ1) is 20.1. The van der Waals surface area contributed by atoms with Gasteiger partial charge in [-0.3, -0.25) is 0 Å². The molecular weight excluding hydrogens is 352 g/mol. The Hall–Kier alpha value is 1.05. The minimum Gasteiger partial charge on any atom is -0.437 e. The average molecular weight is 386 g/mol. The van der Waals surface area contributed by atoms with E-state index in [0.29, 0.717) is 0 Å². The minimum absolute atomic E-state index is 1.08. The first-order valence-corrected chi connectivity index (χ1v) is 17.7. The summed E-state index contributed by atoms with van der Waals surface area (Å²) in [6.07, 6.45) is 3.75. The largest absolute Gasteiger partial charge is 0.437 e. The van der Waals surface area contributed by atoms with E-state index in [9.17, 15) is 0 Å². The molecule has 0 aliphatic heterocycles. The first-order chi connectivity index (χ1) is 8.54. The molecule has 0 aromatic carbocycles. The lowest BCUT2D eigenvalue weighted by atomic mass is 10.4. The summed E-state index contributed by atoms with van der Waals surface area (Å²) in [6.45, 7) is 16.1. The molecule has 0 aliphatic carbocycles. The number of hydrogen-bond acceptors (Lipinski definition) is 2. The maximum atomic E-state index is 6.52. The zero-order chi connectivity index (χ0) is 15.2. The van der Waals surface area contributed by atoms with Crippen molar-refractivity contribution in [2.24, 2.45) is 0 Å². The molecule has 0 aromatic rings. The number of halogens is 1. The highest BCUT2D eigenvalue weighted by Crippen LogP contribution is 2.26. The molecule has 0 spiro atoms. The van der Waals surface area contributed by atoms with Crippen LogP contribution in [0.2, 0.25) is 51.4 Å². The van der Waals surface area contributed by atoms with Gasteiger partial charge in [0.1, 0.15) is 0 Å². The van der Waals surface area contributed by atoms with Crippen molar-refractivity contribution in [1.82, 2.24) is 0 Å². The molecule has 0 fully saturated rings. The van der Waals surface area contributed by atoms with E-state index in [1.165, 1.54) is 31.4 Å². The summed E-state index contributed by atoms with van der Waals surface area (Å²) in [7, 11) is -5.07. The molecule has 0 amide bonds. The number of hydrogen-bond donors (Lipinski definition) is 0. The van der Waals surface area contributed by atoms with Crippen molar-refractivity contribution in [3.63, 3.8) is 0 Å². The summed E-state index contributed by atoms with van der Waals surface area (Å²) < 4.78 is 13.0. The van der Waals surface area contributed by atoms with E-state index in [2.05, 4.69) is 62.1 Å². The Balaban J connectivity index is 4.44. The molecular formula is C13H33BrO2Si3. The van der Waals surface area contributed by atoms with E-state index in [1.807, 2.05) is 0 Å². The third-order valence-electron chi connectivity index (χ3n) is 3.09. The van der Waals surface area contributed by atoms with Gasteiger partial charge in [-0.05, 0) is 57.8 Å². The highest BCUT2D eigenvalue weighted by Gasteiger charge is 2.38. The van der Waals surface area contributed by atoms with Crippen LogP contribution < -0.4 is 0 Å². The summed E-state index contributed by atoms with van der Waals surface area (Å²) in [6, 6.07) is 2.47. The van der Waals surface area contributed by atoms with E-state index in [4.69, 9.17) is 8.23 Å². The molecule has 0 bridgehead atoms. The van der Waals surface area contributed by atoms with Crippen molar-refractivity contribution >= 4 is 41.1 Å². The van der Waals surface area contributed by atoms with Crippen molar-refractivity contribution < 1.29 is 8.23 Å². The van der Waals surface area contributed by atoms with Gasteiger partial charge in [0.25, 0.3) is 0 Å². The van der Waals surface area contributed by atoms with Crippen molar-refractivity contribution in [1.29, 1.82) is 0 Å². The van der Waals surface area contributed by atoms with Crippen LogP contribution >= 0.6 is 15.9 Å². The van der Waals surface area contributed by atoms with E-state index < -0.39 is 25.2 Å². The molecule has 19 heavy (non-hydrogen) atoms. The molecule has 0 N–H and O–H groups in total. The quantitative estimate of drug-likeness (QED) is 0.354. The topological polar surface area (TPSA) is 18.5 Å². The third-order valence-corrected chi connectivity index (χ3v) is 15.1. The Labute approximate surface area is 132 Å². The molecule has 0 rings (SSSR count). The lowest BCUT2D eigenvalue weighted by molar-refractivity contribution is 0.387. The normalized spacial score (nSPS) is 13.9. The van der Waals surface area contributed by atoms with Crippen LogP contribution in [-0.2, 0) is 8.23 Å². The Morgan fingerprint density at radius 2 is 1.21 bits per heavy atom. The van der Waals surface area contributed by atoms with Gasteiger partial charge in [-0.2, -0.15) is 0 Å². The molecule has 0 radical (unpaired) electrons. The van der Waals surface area contributed by atoms with E-state index >= 15 is 0 Å². The molecule has 0 unspecified atom stereocenters. The molecule has 0 aliphatic rings. The summed E-state index contributed by atoms with van der Waals surface area (Å²) in [5.41, 5.74) is 0. The standard InChI is InChI=1S/C13H33BrO2Si3/c1-8-9-12-17(2,3)15-19(6,7)16-18(4,5)13-10-11-14/h8-13H2,1-7H3. The second-order valence-corrected chi connectivity index (χ2v) is 20.3. The molecule has 0 aromatic heterocycles. The van der Waals surface area contributed by atoms with Gasteiger partial charge in [-0.15, -0.1) is 0 Å². The average Bonchev–Trinajstić information content (AvgIpc) is 2.20. The number of rotatable bonds is 10. The third kappa shape index (κ3) is 10.4. The van der Waals surface area contributed by atoms with E-state index in [0.717, 1.165) is 5.33 Å². The number of unbranched alkanes of at least 4 members (excludes halogenated alkanes) is 1. The molecule has 0 heterocycles. The van der Waals surface area contributed by atoms with Crippen LogP contribution in [0.1, 0.15) is 26.2 Å². The Bertz CT molecular complexity index is 234. The molecule has 6 heteroatoms. The van der Waals surface area contributed by atoms with Crippen molar-refractivity contribution in [3.05, 3.63) is 0 Å². The van der Waals surface area contributed by atoms with Crippen LogP contribution in [0.3, 0.4) is 0 Å². The van der Waals surface area contributed by atoms with Crippen LogP contribution in [0.4, 0.5) is 0 Å². The van der Waals surface area contributed by atoms with Crippen molar-refractivity contribution in [3.8, 4) is 0 Å². The van der Waals surface area contributed by atoms with Gasteiger partial charge >= 0.3 is 8.56 Å². The monoisotopic (exact) mass is 384 g/mol. The fourth-order valence-electron chi connectivity index (χ4n) is 2.55. The van der Waals surface area contributed by atoms with Gasteiger partial charge in [-0.1, -0.05) is 35.7 Å².